The Bertz CT molecular complexity index is 942. The van der Waals surface area contributed by atoms with Crippen molar-refractivity contribution in [3.05, 3.63) is 95.8 Å². The molecule has 0 aliphatic heterocycles. The first kappa shape index (κ1) is 19.3. The molecule has 2 aromatic carbocycles. The fourth-order valence-corrected chi connectivity index (χ4v) is 3.01. The third-order valence-electron chi connectivity index (χ3n) is 4.46. The molecule has 0 aliphatic rings. The van der Waals surface area contributed by atoms with Crippen molar-refractivity contribution < 1.29 is 9.59 Å². The Kier molecular flexibility index (Phi) is 6.17. The second-order valence-corrected chi connectivity index (χ2v) is 6.46. The van der Waals surface area contributed by atoms with Crippen LogP contribution >= 0.6 is 0 Å². The summed E-state index contributed by atoms with van der Waals surface area (Å²) in [5.74, 6) is -0.378. The number of hydrogen-bond donors (Lipinski definition) is 0. The average Bonchev–Trinajstić information content (AvgIpc) is 2.75. The third kappa shape index (κ3) is 4.43. The molecule has 0 fully saturated rings. The summed E-state index contributed by atoms with van der Waals surface area (Å²) in [5, 5.41) is 0. The van der Waals surface area contributed by atoms with E-state index in [0.717, 1.165) is 11.3 Å². The summed E-state index contributed by atoms with van der Waals surface area (Å²) in [5.41, 5.74) is 2.55. The van der Waals surface area contributed by atoms with Gasteiger partial charge in [-0.25, -0.2) is 0 Å². The number of benzene rings is 2. The van der Waals surface area contributed by atoms with E-state index in [1.807, 2.05) is 67.6 Å². The largest absolute Gasteiger partial charge is 0.336 e. The summed E-state index contributed by atoms with van der Waals surface area (Å²) in [4.78, 5) is 33.2. The predicted octanol–water partition coefficient (Wildman–Crippen LogP) is 4.02. The van der Waals surface area contributed by atoms with Gasteiger partial charge >= 0.3 is 0 Å². The van der Waals surface area contributed by atoms with Crippen LogP contribution in [0.3, 0.4) is 0 Å². The molecule has 0 saturated carbocycles. The van der Waals surface area contributed by atoms with Crippen LogP contribution in [0.2, 0.25) is 0 Å². The van der Waals surface area contributed by atoms with Gasteiger partial charge < -0.3 is 9.80 Å². The second-order valence-electron chi connectivity index (χ2n) is 6.46. The molecule has 1 heterocycles. The fourth-order valence-electron chi connectivity index (χ4n) is 3.01. The molecule has 5 heteroatoms. The summed E-state index contributed by atoms with van der Waals surface area (Å²) >= 11 is 0. The quantitative estimate of drug-likeness (QED) is 0.656. The number of hydrogen-bond acceptors (Lipinski definition) is 3. The van der Waals surface area contributed by atoms with Gasteiger partial charge in [-0.3, -0.25) is 14.6 Å². The lowest BCUT2D eigenvalue weighted by Crippen LogP contribution is -2.31. The van der Waals surface area contributed by atoms with Gasteiger partial charge in [0.25, 0.3) is 11.8 Å². The van der Waals surface area contributed by atoms with E-state index in [2.05, 4.69) is 4.98 Å². The molecule has 3 rings (SSSR count). The van der Waals surface area contributed by atoms with Gasteiger partial charge in [0.1, 0.15) is 5.69 Å². The zero-order valence-electron chi connectivity index (χ0n) is 16.1. The molecule has 0 saturated heterocycles. The van der Waals surface area contributed by atoms with Crippen LogP contribution in [0.1, 0.15) is 33.3 Å². The third-order valence-corrected chi connectivity index (χ3v) is 4.46. The van der Waals surface area contributed by atoms with Crippen LogP contribution in [-0.2, 0) is 6.54 Å². The molecule has 1 aromatic heterocycles. The Morgan fingerprint density at radius 2 is 1.54 bits per heavy atom. The number of para-hydroxylation sites is 1. The summed E-state index contributed by atoms with van der Waals surface area (Å²) < 4.78 is 0. The smallest absolute Gasteiger partial charge is 0.272 e. The molecule has 0 radical (unpaired) electrons. The molecule has 0 atom stereocenters. The maximum absolute atomic E-state index is 13.0. The van der Waals surface area contributed by atoms with Crippen molar-refractivity contribution in [2.24, 2.45) is 0 Å². The van der Waals surface area contributed by atoms with Gasteiger partial charge in [0.05, 0.1) is 0 Å². The molecule has 5 nitrogen and oxygen atoms in total. The van der Waals surface area contributed by atoms with Gasteiger partial charge in [-0.1, -0.05) is 48.5 Å². The van der Waals surface area contributed by atoms with Crippen molar-refractivity contribution >= 4 is 17.5 Å². The lowest BCUT2D eigenvalue weighted by molar-refractivity contribution is 0.0779. The highest BCUT2D eigenvalue weighted by Gasteiger charge is 2.19. The Labute approximate surface area is 165 Å². The van der Waals surface area contributed by atoms with E-state index < -0.39 is 0 Å². The highest BCUT2D eigenvalue weighted by atomic mass is 16.2. The lowest BCUT2D eigenvalue weighted by Gasteiger charge is -2.21. The Morgan fingerprint density at radius 1 is 0.893 bits per heavy atom. The summed E-state index contributed by atoms with van der Waals surface area (Å²) in [7, 11) is 1.73. The topological polar surface area (TPSA) is 53.5 Å². The van der Waals surface area contributed by atoms with Crippen LogP contribution in [-0.4, -0.2) is 35.3 Å². The van der Waals surface area contributed by atoms with Crippen molar-refractivity contribution in [3.63, 3.8) is 0 Å². The minimum Gasteiger partial charge on any atom is -0.336 e. The monoisotopic (exact) mass is 373 g/mol. The highest BCUT2D eigenvalue weighted by Crippen LogP contribution is 2.17. The Morgan fingerprint density at radius 3 is 2.18 bits per heavy atom. The van der Waals surface area contributed by atoms with Crippen LogP contribution in [0.25, 0.3) is 0 Å². The van der Waals surface area contributed by atoms with Crippen LogP contribution in [0.5, 0.6) is 0 Å². The van der Waals surface area contributed by atoms with E-state index in [1.54, 1.807) is 29.0 Å². The first-order chi connectivity index (χ1) is 13.6. The van der Waals surface area contributed by atoms with Crippen molar-refractivity contribution in [3.8, 4) is 0 Å². The van der Waals surface area contributed by atoms with E-state index in [4.69, 9.17) is 0 Å². The Balaban J connectivity index is 1.79. The zero-order chi connectivity index (χ0) is 19.9. The lowest BCUT2D eigenvalue weighted by atomic mass is 10.1. The second kappa shape index (κ2) is 8.95. The zero-order valence-corrected chi connectivity index (χ0v) is 16.1. The average molecular weight is 373 g/mol. The number of anilines is 1. The molecule has 0 spiro atoms. The van der Waals surface area contributed by atoms with E-state index in [1.165, 1.54) is 6.20 Å². The SMILES string of the molecule is CCN(C(=O)c1ccnc(C(=O)N(C)Cc2ccccc2)c1)c1ccccc1. The number of rotatable bonds is 6. The summed E-state index contributed by atoms with van der Waals surface area (Å²) in [6.07, 6.45) is 1.51. The van der Waals surface area contributed by atoms with Gasteiger partial charge in [-0.2, -0.15) is 0 Å². The van der Waals surface area contributed by atoms with Crippen molar-refractivity contribution in [2.75, 3.05) is 18.5 Å². The highest BCUT2D eigenvalue weighted by molar-refractivity contribution is 6.07. The van der Waals surface area contributed by atoms with Crippen molar-refractivity contribution in [2.45, 2.75) is 13.5 Å². The number of carbonyl (C=O) groups is 2. The maximum Gasteiger partial charge on any atom is 0.272 e. The first-order valence-corrected chi connectivity index (χ1v) is 9.22. The number of pyridine rings is 1. The number of carbonyl (C=O) groups excluding carboxylic acids is 2. The molecule has 0 unspecified atom stereocenters. The Hall–Kier alpha value is -3.47. The summed E-state index contributed by atoms with van der Waals surface area (Å²) in [6.45, 7) is 2.93. The molecule has 2 amide bonds. The molecule has 0 N–H and O–H groups in total. The molecular formula is C23H23N3O2. The number of aromatic nitrogens is 1. The van der Waals surface area contributed by atoms with Gasteiger partial charge in [0.15, 0.2) is 0 Å². The van der Waals surface area contributed by atoms with Crippen LogP contribution in [0, 0.1) is 0 Å². The van der Waals surface area contributed by atoms with Crippen LogP contribution in [0.4, 0.5) is 5.69 Å². The molecule has 142 valence electrons. The molecular weight excluding hydrogens is 350 g/mol. The minimum atomic E-state index is -0.221. The number of nitrogens with zero attached hydrogens (tertiary/aromatic N) is 3. The number of amides is 2. The van der Waals surface area contributed by atoms with E-state index in [0.29, 0.717) is 18.7 Å². The van der Waals surface area contributed by atoms with Gasteiger partial charge in [0, 0.05) is 37.6 Å². The van der Waals surface area contributed by atoms with Gasteiger partial charge in [-0.15, -0.1) is 0 Å². The minimum absolute atomic E-state index is 0.157. The van der Waals surface area contributed by atoms with Gasteiger partial charge in [0.2, 0.25) is 0 Å². The molecule has 0 bridgehead atoms. The van der Waals surface area contributed by atoms with Crippen molar-refractivity contribution in [1.29, 1.82) is 0 Å². The van der Waals surface area contributed by atoms with Crippen molar-refractivity contribution in [1.82, 2.24) is 9.88 Å². The molecule has 0 aliphatic carbocycles. The molecule has 3 aromatic rings. The van der Waals surface area contributed by atoms with Gasteiger partial charge in [-0.05, 0) is 36.8 Å². The fraction of sp³-hybridized carbons (Fsp3) is 0.174. The maximum atomic E-state index is 13.0. The van der Waals surface area contributed by atoms with E-state index in [-0.39, 0.29) is 17.5 Å². The van der Waals surface area contributed by atoms with E-state index in [9.17, 15) is 9.59 Å². The summed E-state index contributed by atoms with van der Waals surface area (Å²) in [6, 6.07) is 22.4. The van der Waals surface area contributed by atoms with Crippen LogP contribution in [0.15, 0.2) is 79.0 Å². The normalized spacial score (nSPS) is 10.4. The van der Waals surface area contributed by atoms with E-state index >= 15 is 0 Å². The first-order valence-electron chi connectivity index (χ1n) is 9.22. The standard InChI is InChI=1S/C23H23N3O2/c1-3-26(20-12-8-5-9-13-20)22(27)19-14-15-24-21(16-19)23(28)25(2)17-18-10-6-4-7-11-18/h4-16H,3,17H2,1-2H3. The molecule has 28 heavy (non-hydrogen) atoms. The predicted molar refractivity (Wildman–Crippen MR) is 110 cm³/mol. The van der Waals surface area contributed by atoms with Crippen LogP contribution < -0.4 is 4.90 Å².